The fourth-order valence-corrected chi connectivity index (χ4v) is 2.79. The summed E-state index contributed by atoms with van der Waals surface area (Å²) in [6.45, 7) is 0. The van der Waals surface area contributed by atoms with Crippen LogP contribution in [0.4, 0.5) is 0 Å². The Bertz CT molecular complexity index is 1020. The van der Waals surface area contributed by atoms with Crippen LogP contribution in [0, 0.1) is 11.3 Å². The summed E-state index contributed by atoms with van der Waals surface area (Å²) in [4.78, 5) is 4.79. The molecule has 108 valence electrons. The summed E-state index contributed by atoms with van der Waals surface area (Å²) in [7, 11) is 0. The van der Waals surface area contributed by atoms with E-state index in [1.54, 1.807) is 6.07 Å². The van der Waals surface area contributed by atoms with Crippen molar-refractivity contribution in [1.29, 1.82) is 5.26 Å². The molecular formula is C20H13N3. The van der Waals surface area contributed by atoms with Crippen LogP contribution in [0.5, 0.6) is 0 Å². The Hall–Kier alpha value is -3.38. The van der Waals surface area contributed by atoms with Crippen molar-refractivity contribution < 1.29 is 0 Å². The lowest BCUT2D eigenvalue weighted by Crippen LogP contribution is -1.97. The molecule has 0 N–H and O–H groups in total. The zero-order valence-corrected chi connectivity index (χ0v) is 12.3. The molecule has 0 aliphatic rings. The minimum absolute atomic E-state index is 0.633. The van der Waals surface area contributed by atoms with Crippen molar-refractivity contribution in [3.63, 3.8) is 0 Å². The molecule has 0 spiro atoms. The van der Waals surface area contributed by atoms with Gasteiger partial charge in [-0.05, 0) is 36.4 Å². The maximum Gasteiger partial charge on any atom is 0.145 e. The van der Waals surface area contributed by atoms with Crippen LogP contribution in [0.15, 0.2) is 78.9 Å². The van der Waals surface area contributed by atoms with Gasteiger partial charge in [-0.25, -0.2) is 4.98 Å². The summed E-state index contributed by atoms with van der Waals surface area (Å²) in [6, 6.07) is 28.0. The normalized spacial score (nSPS) is 10.6. The van der Waals surface area contributed by atoms with Gasteiger partial charge in [0.05, 0.1) is 22.7 Å². The van der Waals surface area contributed by atoms with Crippen molar-refractivity contribution in [1.82, 2.24) is 9.55 Å². The number of nitrogens with zero attached hydrogens (tertiary/aromatic N) is 3. The topological polar surface area (TPSA) is 41.6 Å². The number of fused-ring (bicyclic) bond motifs is 1. The molecule has 0 saturated heterocycles. The summed E-state index contributed by atoms with van der Waals surface area (Å²) in [6.07, 6.45) is 0. The monoisotopic (exact) mass is 295 g/mol. The van der Waals surface area contributed by atoms with Gasteiger partial charge in [-0.1, -0.05) is 42.5 Å². The molecule has 3 aromatic carbocycles. The van der Waals surface area contributed by atoms with Gasteiger partial charge in [-0.2, -0.15) is 5.26 Å². The summed E-state index contributed by atoms with van der Waals surface area (Å²) < 4.78 is 2.13. The lowest BCUT2D eigenvalue weighted by molar-refractivity contribution is 1.10. The summed E-state index contributed by atoms with van der Waals surface area (Å²) >= 11 is 0. The number of nitriles is 1. The van der Waals surface area contributed by atoms with Crippen LogP contribution in [-0.4, -0.2) is 9.55 Å². The molecule has 0 fully saturated rings. The van der Waals surface area contributed by atoms with E-state index in [2.05, 4.69) is 28.8 Å². The van der Waals surface area contributed by atoms with E-state index in [1.807, 2.05) is 54.6 Å². The first-order valence-corrected chi connectivity index (χ1v) is 7.40. The van der Waals surface area contributed by atoms with Crippen LogP contribution >= 0.6 is 0 Å². The number of imidazole rings is 1. The second kappa shape index (κ2) is 5.43. The lowest BCUT2D eigenvalue weighted by atomic mass is 10.1. The first kappa shape index (κ1) is 13.3. The second-order valence-electron chi connectivity index (χ2n) is 5.29. The van der Waals surface area contributed by atoms with E-state index < -0.39 is 0 Å². The fraction of sp³-hybridized carbons (Fsp3) is 0. The highest BCUT2D eigenvalue weighted by atomic mass is 15.1. The Morgan fingerprint density at radius 1 is 0.826 bits per heavy atom. The van der Waals surface area contributed by atoms with E-state index in [1.165, 1.54) is 0 Å². The molecule has 0 aliphatic heterocycles. The molecule has 1 heterocycles. The fourth-order valence-electron chi connectivity index (χ4n) is 2.79. The molecule has 4 aromatic rings. The SMILES string of the molecule is N#Cc1cccc(-c2nc3ccccc3n2-c2ccccc2)c1. The Morgan fingerprint density at radius 2 is 1.61 bits per heavy atom. The van der Waals surface area contributed by atoms with Gasteiger partial charge in [-0.15, -0.1) is 0 Å². The van der Waals surface area contributed by atoms with Gasteiger partial charge in [0.15, 0.2) is 0 Å². The highest BCUT2D eigenvalue weighted by Gasteiger charge is 2.14. The molecule has 0 aliphatic carbocycles. The van der Waals surface area contributed by atoms with Crippen LogP contribution in [0.3, 0.4) is 0 Å². The minimum Gasteiger partial charge on any atom is -0.292 e. The van der Waals surface area contributed by atoms with E-state index in [0.717, 1.165) is 28.1 Å². The molecular weight excluding hydrogens is 282 g/mol. The first-order chi connectivity index (χ1) is 11.4. The van der Waals surface area contributed by atoms with Gasteiger partial charge in [0, 0.05) is 11.3 Å². The molecule has 3 nitrogen and oxygen atoms in total. The van der Waals surface area contributed by atoms with Gasteiger partial charge in [0.2, 0.25) is 0 Å². The van der Waals surface area contributed by atoms with E-state index in [4.69, 9.17) is 10.2 Å². The molecule has 4 rings (SSSR count). The quantitative estimate of drug-likeness (QED) is 0.544. The summed E-state index contributed by atoms with van der Waals surface area (Å²) in [5.74, 6) is 0.842. The predicted octanol–water partition coefficient (Wildman–Crippen LogP) is 4.56. The molecule has 3 heteroatoms. The zero-order valence-electron chi connectivity index (χ0n) is 12.3. The highest BCUT2D eigenvalue weighted by Crippen LogP contribution is 2.28. The van der Waals surface area contributed by atoms with Crippen molar-refractivity contribution >= 4 is 11.0 Å². The Kier molecular flexibility index (Phi) is 3.14. The average molecular weight is 295 g/mol. The zero-order chi connectivity index (χ0) is 15.6. The van der Waals surface area contributed by atoms with Gasteiger partial charge in [0.1, 0.15) is 5.82 Å². The van der Waals surface area contributed by atoms with Crippen LogP contribution in [-0.2, 0) is 0 Å². The third-order valence-corrected chi connectivity index (χ3v) is 3.83. The third kappa shape index (κ3) is 2.27. The van der Waals surface area contributed by atoms with Crippen LogP contribution < -0.4 is 0 Å². The van der Waals surface area contributed by atoms with E-state index >= 15 is 0 Å². The van der Waals surface area contributed by atoms with E-state index in [0.29, 0.717) is 5.56 Å². The molecule has 0 unspecified atom stereocenters. The number of rotatable bonds is 2. The molecule has 0 atom stereocenters. The van der Waals surface area contributed by atoms with E-state index in [9.17, 15) is 0 Å². The molecule has 0 radical (unpaired) electrons. The van der Waals surface area contributed by atoms with Gasteiger partial charge < -0.3 is 0 Å². The molecule has 23 heavy (non-hydrogen) atoms. The van der Waals surface area contributed by atoms with Crippen molar-refractivity contribution in [3.05, 3.63) is 84.4 Å². The Labute approximate surface area is 134 Å². The number of hydrogen-bond acceptors (Lipinski definition) is 2. The van der Waals surface area contributed by atoms with E-state index in [-0.39, 0.29) is 0 Å². The van der Waals surface area contributed by atoms with Crippen molar-refractivity contribution in [2.24, 2.45) is 0 Å². The average Bonchev–Trinajstić information content (AvgIpc) is 3.02. The number of aromatic nitrogens is 2. The number of benzene rings is 3. The van der Waals surface area contributed by atoms with Crippen LogP contribution in [0.25, 0.3) is 28.1 Å². The van der Waals surface area contributed by atoms with Gasteiger partial charge in [0.25, 0.3) is 0 Å². The van der Waals surface area contributed by atoms with Gasteiger partial charge >= 0.3 is 0 Å². The minimum atomic E-state index is 0.633. The largest absolute Gasteiger partial charge is 0.292 e. The maximum absolute atomic E-state index is 9.16. The Morgan fingerprint density at radius 3 is 2.43 bits per heavy atom. The highest BCUT2D eigenvalue weighted by molar-refractivity contribution is 5.83. The molecule has 0 saturated carbocycles. The smallest absolute Gasteiger partial charge is 0.145 e. The maximum atomic E-state index is 9.16. The lowest BCUT2D eigenvalue weighted by Gasteiger charge is -2.09. The van der Waals surface area contributed by atoms with Crippen molar-refractivity contribution in [3.8, 4) is 23.1 Å². The molecule has 0 amide bonds. The standard InChI is InChI=1S/C20H13N3/c21-14-15-7-6-8-16(13-15)20-22-18-11-4-5-12-19(18)23(20)17-9-2-1-3-10-17/h1-13H. The summed E-state index contributed by atoms with van der Waals surface area (Å²) in [5, 5.41) is 9.16. The molecule has 0 bridgehead atoms. The third-order valence-electron chi connectivity index (χ3n) is 3.83. The number of para-hydroxylation sites is 3. The molecule has 1 aromatic heterocycles. The summed E-state index contributed by atoms with van der Waals surface area (Å²) in [5.41, 5.74) is 4.61. The van der Waals surface area contributed by atoms with Crippen molar-refractivity contribution in [2.75, 3.05) is 0 Å². The van der Waals surface area contributed by atoms with Crippen LogP contribution in [0.1, 0.15) is 5.56 Å². The second-order valence-corrected chi connectivity index (χ2v) is 5.29. The van der Waals surface area contributed by atoms with Crippen LogP contribution in [0.2, 0.25) is 0 Å². The van der Waals surface area contributed by atoms with Gasteiger partial charge in [-0.3, -0.25) is 4.57 Å². The Balaban J connectivity index is 2.05. The first-order valence-electron chi connectivity index (χ1n) is 7.40. The predicted molar refractivity (Wildman–Crippen MR) is 91.2 cm³/mol. The van der Waals surface area contributed by atoms with Crippen molar-refractivity contribution in [2.45, 2.75) is 0 Å². The number of hydrogen-bond donors (Lipinski definition) is 0.